The van der Waals surface area contributed by atoms with Gasteiger partial charge in [0.25, 0.3) is 0 Å². The Balaban J connectivity index is 5.11. The van der Waals surface area contributed by atoms with Crippen molar-refractivity contribution in [2.45, 2.75) is 37.3 Å². The molecule has 0 spiro atoms. The highest BCUT2D eigenvalue weighted by Crippen LogP contribution is 2.53. The molecule has 0 amide bonds. The third-order valence-corrected chi connectivity index (χ3v) is 1.93. The number of halogens is 9. The molecule has 0 saturated heterocycles. The van der Waals surface area contributed by atoms with Gasteiger partial charge in [0.15, 0.2) is 0 Å². The van der Waals surface area contributed by atoms with Crippen LogP contribution in [0.1, 0.15) is 13.3 Å². The first-order chi connectivity index (χ1) is 8.17. The van der Waals surface area contributed by atoms with Gasteiger partial charge in [-0.25, -0.2) is 0 Å². The van der Waals surface area contributed by atoms with E-state index in [4.69, 9.17) is 0 Å². The molecule has 0 saturated carbocycles. The molecule has 0 fully saturated rings. The van der Waals surface area contributed by atoms with Crippen molar-refractivity contribution in [2.75, 3.05) is 6.61 Å². The summed E-state index contributed by atoms with van der Waals surface area (Å²) in [6, 6.07) is 0. The van der Waals surface area contributed by atoms with Gasteiger partial charge >= 0.3 is 29.9 Å². The summed E-state index contributed by atoms with van der Waals surface area (Å²) >= 11 is 0. The highest BCUT2D eigenvalue weighted by Gasteiger charge is 2.81. The Hall–Kier alpha value is -1.16. The van der Waals surface area contributed by atoms with E-state index in [-0.39, 0.29) is 0 Å². The Kier molecular flexibility index (Phi) is 4.77. The minimum absolute atomic E-state index is 0.709. The Labute approximate surface area is 100 Å². The van der Waals surface area contributed by atoms with Gasteiger partial charge in [-0.15, -0.1) is 0 Å². The molecule has 0 aromatic heterocycles. The lowest BCUT2D eigenvalue weighted by atomic mass is 10.0. The van der Waals surface area contributed by atoms with E-state index in [9.17, 15) is 44.3 Å². The SMILES string of the molecule is CC(=O)OCCC(F)(F)C(F)(F)C(F)(F)C(F)(F)F. The normalized spacial score (nSPS) is 14.4. The number of hydrogen-bond donors (Lipinski definition) is 0. The molecule has 0 aromatic carbocycles. The Morgan fingerprint density at radius 3 is 1.63 bits per heavy atom. The van der Waals surface area contributed by atoms with Crippen LogP contribution in [0.4, 0.5) is 39.5 Å². The second kappa shape index (κ2) is 5.08. The van der Waals surface area contributed by atoms with E-state index >= 15 is 0 Å². The molecule has 114 valence electrons. The number of rotatable bonds is 5. The maximum absolute atomic E-state index is 12.8. The van der Waals surface area contributed by atoms with E-state index in [2.05, 4.69) is 4.74 Å². The number of esters is 1. The van der Waals surface area contributed by atoms with Gasteiger partial charge in [-0.3, -0.25) is 4.79 Å². The Morgan fingerprint density at radius 1 is 0.895 bits per heavy atom. The summed E-state index contributed by atoms with van der Waals surface area (Å²) in [4.78, 5) is 10.2. The van der Waals surface area contributed by atoms with Crippen molar-refractivity contribution in [3.63, 3.8) is 0 Å². The fraction of sp³-hybridized carbons (Fsp3) is 0.875. The first-order valence-electron chi connectivity index (χ1n) is 4.50. The fourth-order valence-corrected chi connectivity index (χ4v) is 0.888. The molecule has 0 rings (SSSR count). The van der Waals surface area contributed by atoms with Crippen LogP contribution in [-0.4, -0.2) is 36.5 Å². The quantitative estimate of drug-likeness (QED) is 0.575. The molecule has 2 nitrogen and oxygen atoms in total. The minimum Gasteiger partial charge on any atom is -0.466 e. The van der Waals surface area contributed by atoms with Crippen molar-refractivity contribution in [3.8, 4) is 0 Å². The lowest BCUT2D eigenvalue weighted by Crippen LogP contribution is -2.61. The maximum Gasteiger partial charge on any atom is 0.460 e. The molecule has 11 heteroatoms. The molecule has 0 radical (unpaired) electrons. The number of carbonyl (C=O) groups is 1. The number of carbonyl (C=O) groups excluding carboxylic acids is 1. The first kappa shape index (κ1) is 17.8. The van der Waals surface area contributed by atoms with E-state index in [1.807, 2.05) is 0 Å². The fourth-order valence-electron chi connectivity index (χ4n) is 0.888. The molecular formula is C8H7F9O2. The Bertz CT molecular complexity index is 334. The molecule has 0 atom stereocenters. The average molecular weight is 306 g/mol. The molecule has 19 heavy (non-hydrogen) atoms. The van der Waals surface area contributed by atoms with E-state index in [1.54, 1.807) is 0 Å². The highest BCUT2D eigenvalue weighted by molar-refractivity contribution is 5.65. The number of alkyl halides is 9. The van der Waals surface area contributed by atoms with Gasteiger partial charge in [0.2, 0.25) is 0 Å². The predicted octanol–water partition coefficient (Wildman–Crippen LogP) is 3.41. The molecule has 0 aliphatic rings. The molecule has 0 aliphatic carbocycles. The van der Waals surface area contributed by atoms with Gasteiger partial charge < -0.3 is 4.74 Å². The first-order valence-corrected chi connectivity index (χ1v) is 4.50. The van der Waals surface area contributed by atoms with E-state index in [0.717, 1.165) is 0 Å². The minimum atomic E-state index is -6.92. The third-order valence-electron chi connectivity index (χ3n) is 1.93. The van der Waals surface area contributed by atoms with Crippen LogP contribution in [0.2, 0.25) is 0 Å². The number of ether oxygens (including phenoxy) is 1. The van der Waals surface area contributed by atoms with Crippen LogP contribution in [-0.2, 0) is 9.53 Å². The summed E-state index contributed by atoms with van der Waals surface area (Å²) in [5.41, 5.74) is 0. The zero-order valence-corrected chi connectivity index (χ0v) is 9.13. The lowest BCUT2D eigenvalue weighted by Gasteiger charge is -2.33. The standard InChI is InChI=1S/C8H7F9O2/c1-4(18)19-3-2-5(9,10)6(11,12)7(13,14)8(15,16)17/h2-3H2,1H3. The van der Waals surface area contributed by atoms with Crippen LogP contribution < -0.4 is 0 Å². The third kappa shape index (κ3) is 3.44. The van der Waals surface area contributed by atoms with Crippen molar-refractivity contribution in [2.24, 2.45) is 0 Å². The van der Waals surface area contributed by atoms with Crippen LogP contribution in [0, 0.1) is 0 Å². The second-order valence-corrected chi connectivity index (χ2v) is 3.44. The van der Waals surface area contributed by atoms with Gasteiger partial charge in [-0.1, -0.05) is 0 Å². The van der Waals surface area contributed by atoms with E-state index in [0.29, 0.717) is 6.92 Å². The number of hydrogen-bond acceptors (Lipinski definition) is 2. The zero-order valence-electron chi connectivity index (χ0n) is 9.13. The van der Waals surface area contributed by atoms with Crippen molar-refractivity contribution >= 4 is 5.97 Å². The van der Waals surface area contributed by atoms with Gasteiger partial charge in [0.05, 0.1) is 13.0 Å². The Morgan fingerprint density at radius 2 is 1.32 bits per heavy atom. The topological polar surface area (TPSA) is 26.3 Å². The van der Waals surface area contributed by atoms with Crippen molar-refractivity contribution in [1.29, 1.82) is 0 Å². The predicted molar refractivity (Wildman–Crippen MR) is 42.1 cm³/mol. The van der Waals surface area contributed by atoms with Gasteiger partial charge in [0, 0.05) is 6.92 Å². The summed E-state index contributed by atoms with van der Waals surface area (Å²) in [6.07, 6.45) is -9.02. The van der Waals surface area contributed by atoms with Crippen LogP contribution >= 0.6 is 0 Å². The van der Waals surface area contributed by atoms with Gasteiger partial charge in [0.1, 0.15) is 0 Å². The summed E-state index contributed by atoms with van der Waals surface area (Å²) in [6.45, 7) is -0.716. The molecule has 0 N–H and O–H groups in total. The van der Waals surface area contributed by atoms with Gasteiger partial charge in [-0.2, -0.15) is 39.5 Å². The van der Waals surface area contributed by atoms with Crippen LogP contribution in [0.5, 0.6) is 0 Å². The second-order valence-electron chi connectivity index (χ2n) is 3.44. The van der Waals surface area contributed by atoms with Crippen molar-refractivity contribution in [1.82, 2.24) is 0 Å². The summed E-state index contributed by atoms with van der Waals surface area (Å²) in [5.74, 6) is -20.5. The summed E-state index contributed by atoms with van der Waals surface area (Å²) < 4.78 is 114. The largest absolute Gasteiger partial charge is 0.466 e. The van der Waals surface area contributed by atoms with Crippen molar-refractivity contribution < 1.29 is 49.0 Å². The molecule has 0 bridgehead atoms. The lowest BCUT2D eigenvalue weighted by molar-refractivity contribution is -0.397. The smallest absolute Gasteiger partial charge is 0.460 e. The maximum atomic E-state index is 12.8. The molecule has 0 unspecified atom stereocenters. The van der Waals surface area contributed by atoms with Gasteiger partial charge in [-0.05, 0) is 0 Å². The monoisotopic (exact) mass is 306 g/mol. The summed E-state index contributed by atoms with van der Waals surface area (Å²) in [5, 5.41) is 0. The van der Waals surface area contributed by atoms with Crippen molar-refractivity contribution in [3.05, 3.63) is 0 Å². The zero-order chi connectivity index (χ0) is 15.7. The van der Waals surface area contributed by atoms with Crippen LogP contribution in [0.25, 0.3) is 0 Å². The highest BCUT2D eigenvalue weighted by atomic mass is 19.4. The molecular weight excluding hydrogens is 299 g/mol. The van der Waals surface area contributed by atoms with Crippen LogP contribution in [0.3, 0.4) is 0 Å². The van der Waals surface area contributed by atoms with E-state index < -0.39 is 42.9 Å². The molecule has 0 aliphatic heterocycles. The van der Waals surface area contributed by atoms with Crippen LogP contribution in [0.15, 0.2) is 0 Å². The van der Waals surface area contributed by atoms with E-state index in [1.165, 1.54) is 0 Å². The summed E-state index contributed by atoms with van der Waals surface area (Å²) in [7, 11) is 0. The molecule has 0 aromatic rings. The average Bonchev–Trinajstić information content (AvgIpc) is 2.14. The molecule has 0 heterocycles.